The van der Waals surface area contributed by atoms with Crippen molar-refractivity contribution in [3.8, 4) is 11.8 Å². The maximum absolute atomic E-state index is 12.4. The van der Waals surface area contributed by atoms with E-state index < -0.39 is 0 Å². The minimum absolute atomic E-state index is 0.0632. The normalized spacial score (nSPS) is 14.9. The number of para-hydroxylation sites is 3. The molecule has 1 fully saturated rings. The summed E-state index contributed by atoms with van der Waals surface area (Å²) in [7, 11) is 0. The van der Waals surface area contributed by atoms with Crippen LogP contribution in [0.1, 0.15) is 30.2 Å². The SMILES string of the molecule is N#Cc1ccccc1OCC(=O)N1CCC(c2nc3ccccc3o2)CC1. The topological polar surface area (TPSA) is 79.4 Å². The highest BCUT2D eigenvalue weighted by Gasteiger charge is 2.27. The van der Waals surface area contributed by atoms with E-state index in [0.717, 1.165) is 29.8 Å². The van der Waals surface area contributed by atoms with Crippen molar-refractivity contribution < 1.29 is 13.9 Å². The van der Waals surface area contributed by atoms with Crippen molar-refractivity contribution in [3.63, 3.8) is 0 Å². The number of carbonyl (C=O) groups is 1. The highest BCUT2D eigenvalue weighted by Crippen LogP contribution is 2.30. The molecule has 0 atom stereocenters. The number of oxazole rings is 1. The molecule has 2 aromatic carbocycles. The summed E-state index contributed by atoms with van der Waals surface area (Å²) in [5.74, 6) is 1.35. The number of nitrogens with zero attached hydrogens (tertiary/aromatic N) is 3. The summed E-state index contributed by atoms with van der Waals surface area (Å²) >= 11 is 0. The lowest BCUT2D eigenvalue weighted by Crippen LogP contribution is -2.40. The van der Waals surface area contributed by atoms with Crippen molar-refractivity contribution in [1.82, 2.24) is 9.88 Å². The fourth-order valence-corrected chi connectivity index (χ4v) is 3.36. The first kappa shape index (κ1) is 17.1. The van der Waals surface area contributed by atoms with Crippen molar-refractivity contribution in [2.75, 3.05) is 19.7 Å². The molecule has 0 saturated carbocycles. The van der Waals surface area contributed by atoms with E-state index in [-0.39, 0.29) is 18.4 Å². The van der Waals surface area contributed by atoms with Crippen LogP contribution in [0, 0.1) is 11.3 Å². The molecule has 6 nitrogen and oxygen atoms in total. The number of piperidine rings is 1. The van der Waals surface area contributed by atoms with Gasteiger partial charge in [-0.1, -0.05) is 24.3 Å². The molecule has 2 heterocycles. The Hall–Kier alpha value is -3.33. The molecule has 3 aromatic rings. The van der Waals surface area contributed by atoms with E-state index in [2.05, 4.69) is 11.1 Å². The highest BCUT2D eigenvalue weighted by atomic mass is 16.5. The Morgan fingerprint density at radius 3 is 2.70 bits per heavy atom. The van der Waals surface area contributed by atoms with Gasteiger partial charge < -0.3 is 14.1 Å². The van der Waals surface area contributed by atoms with Gasteiger partial charge in [0.2, 0.25) is 0 Å². The summed E-state index contributed by atoms with van der Waals surface area (Å²) in [6.07, 6.45) is 1.63. The van der Waals surface area contributed by atoms with Gasteiger partial charge in [-0.05, 0) is 37.1 Å². The molecule has 1 aliphatic heterocycles. The minimum atomic E-state index is -0.0706. The number of fused-ring (bicyclic) bond motifs is 1. The smallest absolute Gasteiger partial charge is 0.260 e. The Balaban J connectivity index is 1.33. The predicted molar refractivity (Wildman–Crippen MR) is 99.2 cm³/mol. The number of aromatic nitrogens is 1. The Morgan fingerprint density at radius 2 is 1.93 bits per heavy atom. The van der Waals surface area contributed by atoms with Crippen molar-refractivity contribution in [2.45, 2.75) is 18.8 Å². The largest absolute Gasteiger partial charge is 0.482 e. The third kappa shape index (κ3) is 3.63. The van der Waals surface area contributed by atoms with Gasteiger partial charge in [0, 0.05) is 19.0 Å². The standard InChI is InChI=1S/C21H19N3O3/c22-13-16-5-1-3-7-18(16)26-14-20(25)24-11-9-15(10-12-24)21-23-17-6-2-4-8-19(17)27-21/h1-8,15H,9-12,14H2. The molecule has 1 aromatic heterocycles. The first-order valence-electron chi connectivity index (χ1n) is 9.00. The van der Waals surface area contributed by atoms with Gasteiger partial charge in [0.1, 0.15) is 17.3 Å². The van der Waals surface area contributed by atoms with E-state index in [9.17, 15) is 4.79 Å². The molecule has 0 radical (unpaired) electrons. The number of likely N-dealkylation sites (tertiary alicyclic amines) is 1. The molecule has 6 heteroatoms. The summed E-state index contributed by atoms with van der Waals surface area (Å²) in [5, 5.41) is 9.08. The first-order chi connectivity index (χ1) is 13.2. The average molecular weight is 361 g/mol. The number of benzene rings is 2. The van der Waals surface area contributed by atoms with Gasteiger partial charge >= 0.3 is 0 Å². The third-order valence-electron chi connectivity index (χ3n) is 4.87. The van der Waals surface area contributed by atoms with Gasteiger partial charge in [-0.3, -0.25) is 4.79 Å². The number of nitriles is 1. The lowest BCUT2D eigenvalue weighted by atomic mass is 9.97. The van der Waals surface area contributed by atoms with E-state index in [1.165, 1.54) is 0 Å². The van der Waals surface area contributed by atoms with Crippen LogP contribution in [-0.2, 0) is 4.79 Å². The van der Waals surface area contributed by atoms with Gasteiger partial charge in [-0.2, -0.15) is 5.26 Å². The van der Waals surface area contributed by atoms with Crippen molar-refractivity contribution in [2.24, 2.45) is 0 Å². The third-order valence-corrected chi connectivity index (χ3v) is 4.87. The van der Waals surface area contributed by atoms with Gasteiger partial charge in [0.15, 0.2) is 18.1 Å². The fraction of sp³-hybridized carbons (Fsp3) is 0.286. The van der Waals surface area contributed by atoms with Crippen LogP contribution in [-0.4, -0.2) is 35.5 Å². The van der Waals surface area contributed by atoms with Crippen LogP contribution in [0.15, 0.2) is 52.9 Å². The second-order valence-electron chi connectivity index (χ2n) is 6.57. The number of rotatable bonds is 4. The Kier molecular flexibility index (Phi) is 4.75. The number of carbonyl (C=O) groups excluding carboxylic acids is 1. The van der Waals surface area contributed by atoms with E-state index in [1.54, 1.807) is 29.2 Å². The Bertz CT molecular complexity index is 964. The van der Waals surface area contributed by atoms with Crippen LogP contribution in [0.2, 0.25) is 0 Å². The zero-order valence-corrected chi connectivity index (χ0v) is 14.8. The van der Waals surface area contributed by atoms with E-state index in [1.807, 2.05) is 24.3 Å². The average Bonchev–Trinajstić information content (AvgIpc) is 3.16. The molecule has 0 unspecified atom stereocenters. The van der Waals surface area contributed by atoms with Crippen LogP contribution in [0.4, 0.5) is 0 Å². The van der Waals surface area contributed by atoms with Crippen LogP contribution < -0.4 is 4.74 Å². The summed E-state index contributed by atoms with van der Waals surface area (Å²) in [5.41, 5.74) is 2.10. The minimum Gasteiger partial charge on any atom is -0.482 e. The number of hydrogen-bond acceptors (Lipinski definition) is 5. The molecule has 136 valence electrons. The fourth-order valence-electron chi connectivity index (χ4n) is 3.36. The number of hydrogen-bond donors (Lipinski definition) is 0. The zero-order chi connectivity index (χ0) is 18.6. The van der Waals surface area contributed by atoms with Crippen molar-refractivity contribution in [3.05, 3.63) is 60.0 Å². The second kappa shape index (κ2) is 7.50. The maximum Gasteiger partial charge on any atom is 0.260 e. The highest BCUT2D eigenvalue weighted by molar-refractivity contribution is 5.78. The van der Waals surface area contributed by atoms with E-state index in [4.69, 9.17) is 14.4 Å². The molecular weight excluding hydrogens is 342 g/mol. The molecule has 4 rings (SSSR count). The van der Waals surface area contributed by atoms with E-state index >= 15 is 0 Å². The summed E-state index contributed by atoms with van der Waals surface area (Å²) in [4.78, 5) is 18.8. The van der Waals surface area contributed by atoms with Crippen LogP contribution in [0.5, 0.6) is 5.75 Å². The second-order valence-corrected chi connectivity index (χ2v) is 6.57. The monoisotopic (exact) mass is 361 g/mol. The van der Waals surface area contributed by atoms with E-state index in [0.29, 0.717) is 24.4 Å². The molecule has 1 saturated heterocycles. The molecule has 0 aliphatic carbocycles. The molecule has 0 N–H and O–H groups in total. The number of ether oxygens (including phenoxy) is 1. The lowest BCUT2D eigenvalue weighted by Gasteiger charge is -2.30. The molecule has 1 amide bonds. The quantitative estimate of drug-likeness (QED) is 0.711. The summed E-state index contributed by atoms with van der Waals surface area (Å²) in [6, 6.07) is 16.7. The van der Waals surface area contributed by atoms with Gasteiger partial charge in [0.25, 0.3) is 5.91 Å². The summed E-state index contributed by atoms with van der Waals surface area (Å²) in [6.45, 7) is 1.23. The molecule has 1 aliphatic rings. The van der Waals surface area contributed by atoms with Crippen molar-refractivity contribution in [1.29, 1.82) is 5.26 Å². The van der Waals surface area contributed by atoms with Gasteiger partial charge in [-0.25, -0.2) is 4.98 Å². The van der Waals surface area contributed by atoms with Crippen LogP contribution >= 0.6 is 0 Å². The van der Waals surface area contributed by atoms with Gasteiger partial charge in [0.05, 0.1) is 5.56 Å². The first-order valence-corrected chi connectivity index (χ1v) is 9.00. The molecule has 0 spiro atoms. The zero-order valence-electron chi connectivity index (χ0n) is 14.8. The van der Waals surface area contributed by atoms with Gasteiger partial charge in [-0.15, -0.1) is 0 Å². The Morgan fingerprint density at radius 1 is 1.19 bits per heavy atom. The molecule has 27 heavy (non-hydrogen) atoms. The lowest BCUT2D eigenvalue weighted by molar-refractivity contribution is -0.134. The predicted octanol–water partition coefficient (Wildman–Crippen LogP) is 3.48. The number of amides is 1. The summed E-state index contributed by atoms with van der Waals surface area (Å²) < 4.78 is 11.4. The Labute approximate surface area is 157 Å². The van der Waals surface area contributed by atoms with Crippen LogP contribution in [0.25, 0.3) is 11.1 Å². The van der Waals surface area contributed by atoms with Crippen LogP contribution in [0.3, 0.4) is 0 Å². The maximum atomic E-state index is 12.4. The molecule has 0 bridgehead atoms. The van der Waals surface area contributed by atoms with Crippen molar-refractivity contribution >= 4 is 17.0 Å². The molecular formula is C21H19N3O3.